The summed E-state index contributed by atoms with van der Waals surface area (Å²) in [5.41, 5.74) is 2.58. The predicted molar refractivity (Wildman–Crippen MR) is 91.0 cm³/mol. The zero-order chi connectivity index (χ0) is 17.5. The van der Waals surface area contributed by atoms with E-state index in [2.05, 4.69) is 23.7 Å². The van der Waals surface area contributed by atoms with Gasteiger partial charge in [-0.1, -0.05) is 13.8 Å². The molecular formula is C17H22FN3O2S. The standard InChI is InChI=1S/C17H22FN3O2S/c1-4-24(22,23)20-15-9-17(2,3)10-16-14(15)11-19-21(16)13-7-5-12(18)6-8-13/h5-8,11,15,20H,4,9-10H2,1-3H3/t15-/m1/s1. The number of rotatable bonds is 4. The molecule has 2 aromatic rings. The zero-order valence-electron chi connectivity index (χ0n) is 14.1. The van der Waals surface area contributed by atoms with Gasteiger partial charge in [0.2, 0.25) is 10.0 Å². The van der Waals surface area contributed by atoms with E-state index in [1.807, 2.05) is 0 Å². The van der Waals surface area contributed by atoms with Crippen LogP contribution < -0.4 is 4.72 Å². The molecule has 1 aromatic heterocycles. The van der Waals surface area contributed by atoms with Gasteiger partial charge in [-0.05, 0) is 49.4 Å². The molecule has 24 heavy (non-hydrogen) atoms. The second kappa shape index (κ2) is 5.97. The Labute approximate surface area is 141 Å². The van der Waals surface area contributed by atoms with Crippen LogP contribution in [0, 0.1) is 11.2 Å². The fourth-order valence-electron chi connectivity index (χ4n) is 3.25. The Morgan fingerprint density at radius 2 is 2.00 bits per heavy atom. The molecule has 1 N–H and O–H groups in total. The summed E-state index contributed by atoms with van der Waals surface area (Å²) in [6, 6.07) is 5.86. The summed E-state index contributed by atoms with van der Waals surface area (Å²) in [7, 11) is -3.31. The quantitative estimate of drug-likeness (QED) is 0.921. The van der Waals surface area contributed by atoms with Crippen molar-refractivity contribution < 1.29 is 12.8 Å². The number of fused-ring (bicyclic) bond motifs is 1. The molecule has 1 aliphatic carbocycles. The summed E-state index contributed by atoms with van der Waals surface area (Å²) in [5.74, 6) is -0.251. The van der Waals surface area contributed by atoms with Crippen LogP contribution in [0.25, 0.3) is 5.69 Å². The zero-order valence-corrected chi connectivity index (χ0v) is 14.9. The van der Waals surface area contributed by atoms with Gasteiger partial charge in [-0.15, -0.1) is 0 Å². The van der Waals surface area contributed by atoms with Crippen molar-refractivity contribution in [3.05, 3.63) is 47.5 Å². The van der Waals surface area contributed by atoms with Crippen molar-refractivity contribution in [3.63, 3.8) is 0 Å². The minimum Gasteiger partial charge on any atom is -0.237 e. The lowest BCUT2D eigenvalue weighted by molar-refractivity contribution is 0.269. The maximum Gasteiger partial charge on any atom is 0.211 e. The van der Waals surface area contributed by atoms with Crippen molar-refractivity contribution in [3.8, 4) is 5.69 Å². The highest BCUT2D eigenvalue weighted by atomic mass is 32.2. The monoisotopic (exact) mass is 351 g/mol. The molecule has 0 unspecified atom stereocenters. The number of halogens is 1. The van der Waals surface area contributed by atoms with Gasteiger partial charge in [0.15, 0.2) is 0 Å². The molecule has 3 rings (SSSR count). The van der Waals surface area contributed by atoms with Gasteiger partial charge in [0, 0.05) is 11.3 Å². The number of hydrogen-bond acceptors (Lipinski definition) is 3. The van der Waals surface area contributed by atoms with Gasteiger partial charge < -0.3 is 0 Å². The maximum absolute atomic E-state index is 13.2. The van der Waals surface area contributed by atoms with Gasteiger partial charge in [0.25, 0.3) is 0 Å². The number of aromatic nitrogens is 2. The van der Waals surface area contributed by atoms with Crippen LogP contribution in [0.15, 0.2) is 30.5 Å². The SMILES string of the molecule is CCS(=O)(=O)N[C@@H]1CC(C)(C)Cc2c1cnn2-c1ccc(F)cc1. The number of nitrogens with zero attached hydrogens (tertiary/aromatic N) is 2. The lowest BCUT2D eigenvalue weighted by Crippen LogP contribution is -2.37. The normalized spacial score (nSPS) is 19.9. The summed E-state index contributed by atoms with van der Waals surface area (Å²) in [5, 5.41) is 4.43. The lowest BCUT2D eigenvalue weighted by atomic mass is 9.74. The van der Waals surface area contributed by atoms with E-state index in [-0.39, 0.29) is 23.0 Å². The smallest absolute Gasteiger partial charge is 0.211 e. The van der Waals surface area contributed by atoms with Crippen molar-refractivity contribution in [1.29, 1.82) is 0 Å². The van der Waals surface area contributed by atoms with Gasteiger partial charge >= 0.3 is 0 Å². The van der Waals surface area contributed by atoms with E-state index in [4.69, 9.17) is 0 Å². The third kappa shape index (κ3) is 3.37. The molecule has 5 nitrogen and oxygen atoms in total. The van der Waals surface area contributed by atoms with Crippen molar-refractivity contribution in [2.75, 3.05) is 5.75 Å². The minimum atomic E-state index is -3.31. The molecule has 0 bridgehead atoms. The summed E-state index contributed by atoms with van der Waals surface area (Å²) < 4.78 is 41.8. The third-order valence-electron chi connectivity index (χ3n) is 4.45. The fourth-order valence-corrected chi connectivity index (χ4v) is 4.06. The first-order valence-corrected chi connectivity index (χ1v) is 9.69. The van der Waals surface area contributed by atoms with Crippen molar-refractivity contribution in [1.82, 2.24) is 14.5 Å². The second-order valence-electron chi connectivity index (χ2n) is 7.05. The highest BCUT2D eigenvalue weighted by Gasteiger charge is 2.36. The van der Waals surface area contributed by atoms with Gasteiger partial charge in [-0.3, -0.25) is 0 Å². The first kappa shape index (κ1) is 17.1. The molecule has 0 radical (unpaired) electrons. The molecule has 1 aliphatic rings. The molecular weight excluding hydrogens is 329 g/mol. The molecule has 0 saturated heterocycles. The Balaban J connectivity index is 2.04. The molecule has 0 spiro atoms. The second-order valence-corrected chi connectivity index (χ2v) is 9.10. The highest BCUT2D eigenvalue weighted by molar-refractivity contribution is 7.89. The first-order chi connectivity index (χ1) is 11.2. The molecule has 0 saturated carbocycles. The van der Waals surface area contributed by atoms with Crippen molar-refractivity contribution in [2.45, 2.75) is 39.7 Å². The fraction of sp³-hybridized carbons (Fsp3) is 0.471. The number of benzene rings is 1. The lowest BCUT2D eigenvalue weighted by Gasteiger charge is -2.35. The van der Waals surface area contributed by atoms with E-state index in [1.165, 1.54) is 12.1 Å². The van der Waals surface area contributed by atoms with Gasteiger partial charge in [-0.2, -0.15) is 5.10 Å². The van der Waals surface area contributed by atoms with Crippen LogP contribution in [0.3, 0.4) is 0 Å². The van der Waals surface area contributed by atoms with Crippen molar-refractivity contribution >= 4 is 10.0 Å². The molecule has 0 amide bonds. The van der Waals surface area contributed by atoms with E-state index in [0.29, 0.717) is 6.42 Å². The van der Waals surface area contributed by atoms with E-state index >= 15 is 0 Å². The van der Waals surface area contributed by atoms with Crippen LogP contribution in [0.4, 0.5) is 4.39 Å². The van der Waals surface area contributed by atoms with Crippen LogP contribution in [0.1, 0.15) is 44.5 Å². The van der Waals surface area contributed by atoms with Gasteiger partial charge in [0.05, 0.1) is 23.7 Å². The first-order valence-electron chi connectivity index (χ1n) is 8.03. The van der Waals surface area contributed by atoms with Gasteiger partial charge in [0.1, 0.15) is 5.82 Å². The Bertz CT molecular complexity index is 841. The molecule has 0 fully saturated rings. The van der Waals surface area contributed by atoms with Crippen LogP contribution >= 0.6 is 0 Å². The third-order valence-corrected chi connectivity index (χ3v) is 5.86. The molecule has 130 valence electrons. The van der Waals surface area contributed by atoms with E-state index < -0.39 is 10.0 Å². The van der Waals surface area contributed by atoms with Gasteiger partial charge in [-0.25, -0.2) is 22.2 Å². The van der Waals surface area contributed by atoms with E-state index in [0.717, 1.165) is 23.4 Å². The Morgan fingerprint density at radius 1 is 1.33 bits per heavy atom. The molecule has 1 aromatic carbocycles. The average Bonchev–Trinajstić information content (AvgIpc) is 2.90. The molecule has 0 aliphatic heterocycles. The maximum atomic E-state index is 13.2. The van der Waals surface area contributed by atoms with Crippen LogP contribution in [0.2, 0.25) is 0 Å². The largest absolute Gasteiger partial charge is 0.237 e. The Hall–Kier alpha value is -1.73. The molecule has 1 atom stereocenters. The number of sulfonamides is 1. The molecule has 1 heterocycles. The Kier molecular flexibility index (Phi) is 4.25. The van der Waals surface area contributed by atoms with E-state index in [9.17, 15) is 12.8 Å². The van der Waals surface area contributed by atoms with Crippen LogP contribution in [-0.4, -0.2) is 24.0 Å². The summed E-state index contributed by atoms with van der Waals surface area (Å²) in [4.78, 5) is 0. The molecule has 7 heteroatoms. The minimum absolute atomic E-state index is 0.0470. The van der Waals surface area contributed by atoms with Crippen LogP contribution in [0.5, 0.6) is 0 Å². The number of nitrogens with one attached hydrogen (secondary N) is 1. The average molecular weight is 351 g/mol. The summed E-state index contributed by atoms with van der Waals surface area (Å²) >= 11 is 0. The summed E-state index contributed by atoms with van der Waals surface area (Å²) in [6.07, 6.45) is 3.22. The van der Waals surface area contributed by atoms with Crippen LogP contribution in [-0.2, 0) is 16.4 Å². The highest BCUT2D eigenvalue weighted by Crippen LogP contribution is 2.41. The number of hydrogen-bond donors (Lipinski definition) is 1. The topological polar surface area (TPSA) is 64.0 Å². The summed E-state index contributed by atoms with van der Waals surface area (Å²) in [6.45, 7) is 5.86. The van der Waals surface area contributed by atoms with E-state index in [1.54, 1.807) is 29.9 Å². The Morgan fingerprint density at radius 3 is 2.62 bits per heavy atom. The predicted octanol–water partition coefficient (Wildman–Crippen LogP) is 2.96. The van der Waals surface area contributed by atoms with Crippen molar-refractivity contribution in [2.24, 2.45) is 5.41 Å².